The van der Waals surface area contributed by atoms with Crippen molar-refractivity contribution in [1.29, 1.82) is 0 Å². The van der Waals surface area contributed by atoms with Crippen molar-refractivity contribution in [2.24, 2.45) is 0 Å². The molecule has 3 aromatic carbocycles. The van der Waals surface area contributed by atoms with Gasteiger partial charge in [0.2, 0.25) is 0 Å². The first-order chi connectivity index (χ1) is 17.9. The van der Waals surface area contributed by atoms with Crippen molar-refractivity contribution >= 4 is 21.8 Å². The minimum absolute atomic E-state index is 0.694. The Morgan fingerprint density at radius 2 is 0.917 bits per heavy atom. The zero-order valence-electron chi connectivity index (χ0n) is 21.2. The number of rotatable bonds is 4. The molecule has 0 spiro atoms. The third-order valence-corrected chi connectivity index (χ3v) is 8.96. The van der Waals surface area contributed by atoms with E-state index >= 15 is 0 Å². The third-order valence-electron chi connectivity index (χ3n) is 8.96. The number of para-hydroxylation sites is 2. The molecule has 0 amide bonds. The first-order valence-electron chi connectivity index (χ1n) is 14.2. The standard InChI is InChI=1S/C34H36N2/c1-3-12-25(13-4-1)31-23-35(33-20-9-7-18-29(31)33)27-16-11-17-28(22-27)36-24-32(26-14-5-2-6-15-26)30-19-8-10-21-34(30)36/h7-11,16-26H,1-6,12-15H2. The van der Waals surface area contributed by atoms with Crippen LogP contribution in [0.5, 0.6) is 0 Å². The zero-order valence-corrected chi connectivity index (χ0v) is 21.2. The first-order valence-corrected chi connectivity index (χ1v) is 14.2. The molecule has 2 heteroatoms. The lowest BCUT2D eigenvalue weighted by Gasteiger charge is -2.21. The number of hydrogen-bond acceptors (Lipinski definition) is 0. The minimum Gasteiger partial charge on any atom is -0.316 e. The normalized spacial score (nSPS) is 17.8. The van der Waals surface area contributed by atoms with Crippen LogP contribution in [0.2, 0.25) is 0 Å². The second kappa shape index (κ2) is 9.32. The molecule has 2 aliphatic carbocycles. The van der Waals surface area contributed by atoms with Gasteiger partial charge in [0.1, 0.15) is 0 Å². The monoisotopic (exact) mass is 472 g/mol. The van der Waals surface area contributed by atoms with Crippen LogP contribution in [0.15, 0.2) is 85.2 Å². The van der Waals surface area contributed by atoms with E-state index in [0.29, 0.717) is 11.8 Å². The van der Waals surface area contributed by atoms with Crippen LogP contribution in [-0.4, -0.2) is 9.13 Å². The van der Waals surface area contributed by atoms with Gasteiger partial charge in [0.15, 0.2) is 0 Å². The summed E-state index contributed by atoms with van der Waals surface area (Å²) in [6.07, 6.45) is 18.4. The Morgan fingerprint density at radius 3 is 1.39 bits per heavy atom. The average molecular weight is 473 g/mol. The molecule has 0 bridgehead atoms. The van der Waals surface area contributed by atoms with Crippen molar-refractivity contribution in [3.8, 4) is 11.4 Å². The molecule has 0 saturated heterocycles. The summed E-state index contributed by atoms with van der Waals surface area (Å²) in [4.78, 5) is 0. The molecular weight excluding hydrogens is 436 g/mol. The van der Waals surface area contributed by atoms with Gasteiger partial charge in [-0.1, -0.05) is 81.0 Å². The highest BCUT2D eigenvalue weighted by atomic mass is 15.0. The van der Waals surface area contributed by atoms with E-state index in [2.05, 4.69) is 94.3 Å². The lowest BCUT2D eigenvalue weighted by atomic mass is 9.84. The Bertz CT molecular complexity index is 1390. The molecule has 2 heterocycles. The SMILES string of the molecule is c1cc(-n2cc(C3CCCCC3)c3ccccc32)cc(-n2cc(C3CCCCC3)c3ccccc32)c1. The summed E-state index contributed by atoms with van der Waals surface area (Å²) in [5.41, 5.74) is 8.25. The predicted molar refractivity (Wildman–Crippen MR) is 152 cm³/mol. The maximum Gasteiger partial charge on any atom is 0.0531 e. The predicted octanol–water partition coefficient (Wildman–Crippen LogP) is 9.67. The molecule has 0 atom stereocenters. The van der Waals surface area contributed by atoms with E-state index in [4.69, 9.17) is 0 Å². The first kappa shape index (κ1) is 22.0. The Labute approximate surface area is 214 Å². The summed E-state index contributed by atoms with van der Waals surface area (Å²) < 4.78 is 4.88. The van der Waals surface area contributed by atoms with Gasteiger partial charge in [-0.05, 0) is 79.0 Å². The van der Waals surface area contributed by atoms with Crippen molar-refractivity contribution in [2.75, 3.05) is 0 Å². The largest absolute Gasteiger partial charge is 0.316 e. The van der Waals surface area contributed by atoms with Crippen molar-refractivity contribution in [2.45, 2.75) is 76.0 Å². The van der Waals surface area contributed by atoms with E-state index in [1.54, 1.807) is 11.1 Å². The molecule has 0 aliphatic heterocycles. The molecule has 2 nitrogen and oxygen atoms in total. The van der Waals surface area contributed by atoms with Gasteiger partial charge >= 0.3 is 0 Å². The molecule has 0 unspecified atom stereocenters. The summed E-state index contributed by atoms with van der Waals surface area (Å²) in [5.74, 6) is 1.39. The molecule has 2 saturated carbocycles. The molecule has 2 fully saturated rings. The Morgan fingerprint density at radius 1 is 0.472 bits per heavy atom. The van der Waals surface area contributed by atoms with Gasteiger partial charge in [-0.2, -0.15) is 0 Å². The van der Waals surface area contributed by atoms with E-state index in [1.165, 1.54) is 97.4 Å². The number of fused-ring (bicyclic) bond motifs is 2. The Kier molecular flexibility index (Phi) is 5.69. The number of aromatic nitrogens is 2. The van der Waals surface area contributed by atoms with Gasteiger partial charge in [0.05, 0.1) is 11.0 Å². The number of nitrogens with zero attached hydrogens (tertiary/aromatic N) is 2. The summed E-state index contributed by atoms with van der Waals surface area (Å²) >= 11 is 0. The van der Waals surface area contributed by atoms with E-state index in [0.717, 1.165) is 0 Å². The zero-order chi connectivity index (χ0) is 23.9. The maximum atomic E-state index is 2.45. The Hall–Kier alpha value is -3.26. The van der Waals surface area contributed by atoms with E-state index < -0.39 is 0 Å². The summed E-state index contributed by atoms with van der Waals surface area (Å²) in [7, 11) is 0. The van der Waals surface area contributed by atoms with Gasteiger partial charge in [-0.3, -0.25) is 0 Å². The topological polar surface area (TPSA) is 9.86 Å². The summed E-state index contributed by atoms with van der Waals surface area (Å²) in [6.45, 7) is 0. The molecule has 2 aliphatic rings. The highest BCUT2D eigenvalue weighted by molar-refractivity contribution is 5.88. The van der Waals surface area contributed by atoms with Crippen LogP contribution < -0.4 is 0 Å². The van der Waals surface area contributed by atoms with Crippen LogP contribution in [0.1, 0.15) is 87.2 Å². The van der Waals surface area contributed by atoms with Crippen LogP contribution in [0.4, 0.5) is 0 Å². The quantitative estimate of drug-likeness (QED) is 0.246. The fourth-order valence-corrected chi connectivity index (χ4v) is 7.11. The van der Waals surface area contributed by atoms with Gasteiger partial charge in [-0.25, -0.2) is 0 Å². The molecule has 182 valence electrons. The molecule has 0 radical (unpaired) electrons. The van der Waals surface area contributed by atoms with Crippen LogP contribution in [0.25, 0.3) is 33.2 Å². The van der Waals surface area contributed by atoms with Crippen molar-refractivity contribution < 1.29 is 0 Å². The van der Waals surface area contributed by atoms with E-state index in [9.17, 15) is 0 Å². The number of benzene rings is 3. The van der Waals surface area contributed by atoms with Gasteiger partial charge in [-0.15, -0.1) is 0 Å². The third kappa shape index (κ3) is 3.79. The highest BCUT2D eigenvalue weighted by Crippen LogP contribution is 2.40. The average Bonchev–Trinajstić information content (AvgIpc) is 3.54. The fourth-order valence-electron chi connectivity index (χ4n) is 7.11. The van der Waals surface area contributed by atoms with Gasteiger partial charge in [0, 0.05) is 34.5 Å². The maximum absolute atomic E-state index is 2.45. The van der Waals surface area contributed by atoms with Crippen molar-refractivity contribution in [3.05, 3.63) is 96.3 Å². The lowest BCUT2D eigenvalue weighted by Crippen LogP contribution is -2.04. The molecule has 36 heavy (non-hydrogen) atoms. The fraction of sp³-hybridized carbons (Fsp3) is 0.353. The van der Waals surface area contributed by atoms with Gasteiger partial charge in [0.25, 0.3) is 0 Å². The van der Waals surface area contributed by atoms with Crippen molar-refractivity contribution in [1.82, 2.24) is 9.13 Å². The van der Waals surface area contributed by atoms with Crippen LogP contribution in [-0.2, 0) is 0 Å². The molecule has 2 aromatic heterocycles. The molecule has 0 N–H and O–H groups in total. The lowest BCUT2D eigenvalue weighted by molar-refractivity contribution is 0.445. The van der Waals surface area contributed by atoms with Crippen LogP contribution in [0.3, 0.4) is 0 Å². The van der Waals surface area contributed by atoms with Crippen LogP contribution in [0, 0.1) is 0 Å². The van der Waals surface area contributed by atoms with E-state index in [-0.39, 0.29) is 0 Å². The summed E-state index contributed by atoms with van der Waals surface area (Å²) in [5, 5.41) is 2.86. The molecular formula is C34H36N2. The molecule has 5 aromatic rings. The van der Waals surface area contributed by atoms with Crippen molar-refractivity contribution in [3.63, 3.8) is 0 Å². The minimum atomic E-state index is 0.694. The highest BCUT2D eigenvalue weighted by Gasteiger charge is 2.22. The second-order valence-electron chi connectivity index (χ2n) is 11.1. The number of hydrogen-bond donors (Lipinski definition) is 0. The van der Waals surface area contributed by atoms with Crippen LogP contribution >= 0.6 is 0 Å². The second-order valence-corrected chi connectivity index (χ2v) is 11.1. The smallest absolute Gasteiger partial charge is 0.0531 e. The van der Waals surface area contributed by atoms with E-state index in [1.807, 2.05) is 0 Å². The Balaban J connectivity index is 1.34. The molecule has 7 rings (SSSR count). The summed E-state index contributed by atoms with van der Waals surface area (Å²) in [6, 6.07) is 27.2. The van der Waals surface area contributed by atoms with Gasteiger partial charge < -0.3 is 9.13 Å².